The smallest absolute Gasteiger partial charge is 0.127 e. The van der Waals surface area contributed by atoms with E-state index in [4.69, 9.17) is 4.74 Å². The van der Waals surface area contributed by atoms with Crippen molar-refractivity contribution in [3.8, 4) is 11.5 Å². The molecule has 0 amide bonds. The van der Waals surface area contributed by atoms with Gasteiger partial charge in [0.2, 0.25) is 0 Å². The summed E-state index contributed by atoms with van der Waals surface area (Å²) in [6.07, 6.45) is 0. The molecular weight excluding hydrogens is 222 g/mol. The average molecular weight is 234 g/mol. The molecule has 0 aliphatic rings. The predicted molar refractivity (Wildman–Crippen MR) is 62.3 cm³/mol. The van der Waals surface area contributed by atoms with Crippen molar-refractivity contribution in [2.75, 3.05) is 0 Å². The van der Waals surface area contributed by atoms with Crippen LogP contribution < -0.4 is 4.74 Å². The van der Waals surface area contributed by atoms with Crippen LogP contribution in [-0.4, -0.2) is 0 Å². The molecule has 0 saturated carbocycles. The molecule has 0 heterocycles. The summed E-state index contributed by atoms with van der Waals surface area (Å²) in [4.78, 5) is 0. The first-order valence-corrected chi connectivity index (χ1v) is 5.26. The Morgan fingerprint density at radius 1 is 0.765 bits per heavy atom. The molecule has 88 valence electrons. The van der Waals surface area contributed by atoms with Crippen LogP contribution in [0.2, 0.25) is 0 Å². The molecule has 0 bridgehead atoms. The Balaban J connectivity index is 2.25. The first-order chi connectivity index (χ1) is 8.06. The van der Waals surface area contributed by atoms with Gasteiger partial charge in [-0.2, -0.15) is 0 Å². The second-order valence-corrected chi connectivity index (χ2v) is 3.92. The van der Waals surface area contributed by atoms with Gasteiger partial charge in [0.25, 0.3) is 0 Å². The zero-order valence-corrected chi connectivity index (χ0v) is 9.63. The van der Waals surface area contributed by atoms with Crippen molar-refractivity contribution in [3.63, 3.8) is 0 Å². The summed E-state index contributed by atoms with van der Waals surface area (Å²) >= 11 is 0. The standard InChI is InChI=1S/C14H12F2O/c1-9-7-11(3-5-13(9)15)17-12-4-6-14(16)10(2)8-12/h3-8H,1-2H3. The van der Waals surface area contributed by atoms with Crippen LogP contribution in [0.4, 0.5) is 8.78 Å². The van der Waals surface area contributed by atoms with Crippen LogP contribution in [0.25, 0.3) is 0 Å². The summed E-state index contributed by atoms with van der Waals surface area (Å²) < 4.78 is 31.6. The molecule has 0 spiro atoms. The highest BCUT2D eigenvalue weighted by Gasteiger charge is 2.03. The number of benzene rings is 2. The quantitative estimate of drug-likeness (QED) is 0.749. The molecule has 3 heteroatoms. The Labute approximate surface area is 98.7 Å². The van der Waals surface area contributed by atoms with E-state index in [0.717, 1.165) is 0 Å². The number of hydrogen-bond donors (Lipinski definition) is 0. The molecule has 0 aliphatic heterocycles. The zero-order chi connectivity index (χ0) is 12.4. The van der Waals surface area contributed by atoms with Crippen molar-refractivity contribution < 1.29 is 13.5 Å². The van der Waals surface area contributed by atoms with Crippen LogP contribution in [0.15, 0.2) is 36.4 Å². The molecule has 0 unspecified atom stereocenters. The first kappa shape index (κ1) is 11.6. The molecule has 2 rings (SSSR count). The molecule has 0 aliphatic carbocycles. The molecule has 0 N–H and O–H groups in total. The number of rotatable bonds is 2. The summed E-state index contributed by atoms with van der Waals surface area (Å²) in [5, 5.41) is 0. The fourth-order valence-corrected chi connectivity index (χ4v) is 1.50. The Bertz CT molecular complexity index is 500. The Kier molecular flexibility index (Phi) is 3.09. The van der Waals surface area contributed by atoms with Crippen molar-refractivity contribution in [3.05, 3.63) is 59.2 Å². The van der Waals surface area contributed by atoms with Crippen molar-refractivity contribution in [1.29, 1.82) is 0 Å². The molecule has 0 saturated heterocycles. The number of ether oxygens (including phenoxy) is 1. The van der Waals surface area contributed by atoms with Gasteiger partial charge in [-0.1, -0.05) is 0 Å². The molecule has 0 fully saturated rings. The van der Waals surface area contributed by atoms with Crippen LogP contribution >= 0.6 is 0 Å². The molecule has 0 aromatic heterocycles. The van der Waals surface area contributed by atoms with Crippen molar-refractivity contribution in [2.45, 2.75) is 13.8 Å². The molecule has 0 atom stereocenters. The summed E-state index contributed by atoms with van der Waals surface area (Å²) in [5.74, 6) is 0.532. The van der Waals surface area contributed by atoms with E-state index in [2.05, 4.69) is 0 Å². The average Bonchev–Trinajstić information content (AvgIpc) is 2.29. The lowest BCUT2D eigenvalue weighted by Crippen LogP contribution is -1.89. The Morgan fingerprint density at radius 2 is 1.18 bits per heavy atom. The van der Waals surface area contributed by atoms with Crippen LogP contribution in [-0.2, 0) is 0 Å². The van der Waals surface area contributed by atoms with Gasteiger partial charge in [-0.15, -0.1) is 0 Å². The van der Waals surface area contributed by atoms with Crippen molar-refractivity contribution >= 4 is 0 Å². The number of aryl methyl sites for hydroxylation is 2. The highest BCUT2D eigenvalue weighted by molar-refractivity contribution is 5.36. The molecular formula is C14H12F2O. The van der Waals surface area contributed by atoms with E-state index in [1.54, 1.807) is 38.1 Å². The van der Waals surface area contributed by atoms with Gasteiger partial charge < -0.3 is 4.74 Å². The zero-order valence-electron chi connectivity index (χ0n) is 9.63. The van der Waals surface area contributed by atoms with Gasteiger partial charge in [0.05, 0.1) is 0 Å². The molecule has 1 nitrogen and oxygen atoms in total. The van der Waals surface area contributed by atoms with E-state index >= 15 is 0 Å². The largest absolute Gasteiger partial charge is 0.457 e. The maximum atomic E-state index is 13.0. The van der Waals surface area contributed by atoms with Gasteiger partial charge in [-0.3, -0.25) is 0 Å². The van der Waals surface area contributed by atoms with Crippen LogP contribution in [0, 0.1) is 25.5 Å². The van der Waals surface area contributed by atoms with E-state index in [9.17, 15) is 8.78 Å². The van der Waals surface area contributed by atoms with Gasteiger partial charge >= 0.3 is 0 Å². The second-order valence-electron chi connectivity index (χ2n) is 3.92. The minimum atomic E-state index is -0.271. The third kappa shape index (κ3) is 2.61. The van der Waals surface area contributed by atoms with Gasteiger partial charge in [0, 0.05) is 0 Å². The lowest BCUT2D eigenvalue weighted by Gasteiger charge is -2.07. The van der Waals surface area contributed by atoms with E-state index < -0.39 is 0 Å². The van der Waals surface area contributed by atoms with Crippen LogP contribution in [0.3, 0.4) is 0 Å². The molecule has 17 heavy (non-hydrogen) atoms. The van der Waals surface area contributed by atoms with Gasteiger partial charge in [-0.05, 0) is 61.4 Å². The SMILES string of the molecule is Cc1cc(Oc2ccc(F)c(C)c2)ccc1F. The first-order valence-electron chi connectivity index (χ1n) is 5.26. The summed E-state index contributed by atoms with van der Waals surface area (Å²) in [5.41, 5.74) is 1.03. The second kappa shape index (κ2) is 4.53. The van der Waals surface area contributed by atoms with E-state index in [0.29, 0.717) is 22.6 Å². The van der Waals surface area contributed by atoms with Gasteiger partial charge in [0.15, 0.2) is 0 Å². The summed E-state index contributed by atoms with van der Waals surface area (Å²) in [6, 6.07) is 8.99. The minimum absolute atomic E-state index is 0.271. The molecule has 2 aromatic carbocycles. The van der Waals surface area contributed by atoms with Crippen molar-refractivity contribution in [2.24, 2.45) is 0 Å². The number of hydrogen-bond acceptors (Lipinski definition) is 1. The highest BCUT2D eigenvalue weighted by Crippen LogP contribution is 2.24. The van der Waals surface area contributed by atoms with Crippen LogP contribution in [0.5, 0.6) is 11.5 Å². The molecule has 2 aromatic rings. The Morgan fingerprint density at radius 3 is 1.53 bits per heavy atom. The third-order valence-electron chi connectivity index (χ3n) is 2.49. The van der Waals surface area contributed by atoms with Gasteiger partial charge in [0.1, 0.15) is 23.1 Å². The lowest BCUT2D eigenvalue weighted by atomic mass is 10.2. The highest BCUT2D eigenvalue weighted by atomic mass is 19.1. The minimum Gasteiger partial charge on any atom is -0.457 e. The topological polar surface area (TPSA) is 9.23 Å². The lowest BCUT2D eigenvalue weighted by molar-refractivity contribution is 0.477. The number of halogens is 2. The fourth-order valence-electron chi connectivity index (χ4n) is 1.50. The van der Waals surface area contributed by atoms with Crippen LogP contribution in [0.1, 0.15) is 11.1 Å². The maximum absolute atomic E-state index is 13.0. The van der Waals surface area contributed by atoms with E-state index in [-0.39, 0.29) is 11.6 Å². The van der Waals surface area contributed by atoms with E-state index in [1.165, 1.54) is 12.1 Å². The Hall–Kier alpha value is -1.90. The predicted octanol–water partition coefficient (Wildman–Crippen LogP) is 4.37. The normalized spacial score (nSPS) is 10.4. The third-order valence-corrected chi connectivity index (χ3v) is 2.49. The summed E-state index contributed by atoms with van der Waals surface area (Å²) in [7, 11) is 0. The van der Waals surface area contributed by atoms with Crippen molar-refractivity contribution in [1.82, 2.24) is 0 Å². The molecule has 0 radical (unpaired) electrons. The van der Waals surface area contributed by atoms with E-state index in [1.807, 2.05) is 0 Å². The maximum Gasteiger partial charge on any atom is 0.127 e. The fraction of sp³-hybridized carbons (Fsp3) is 0.143. The van der Waals surface area contributed by atoms with Gasteiger partial charge in [-0.25, -0.2) is 8.78 Å². The summed E-state index contributed by atoms with van der Waals surface area (Å²) in [6.45, 7) is 3.33. The monoisotopic (exact) mass is 234 g/mol.